The third-order valence-electron chi connectivity index (χ3n) is 2.96. The van der Waals surface area contributed by atoms with Gasteiger partial charge in [0.15, 0.2) is 0 Å². The summed E-state index contributed by atoms with van der Waals surface area (Å²) >= 11 is 3.47. The van der Waals surface area contributed by atoms with Crippen LogP contribution in [0.5, 0.6) is 0 Å². The van der Waals surface area contributed by atoms with Crippen LogP contribution < -0.4 is 5.73 Å². The molecule has 1 atom stereocenters. The van der Waals surface area contributed by atoms with Gasteiger partial charge in [0.1, 0.15) is 11.3 Å². The number of furan rings is 1. The Labute approximate surface area is 104 Å². The molecule has 0 fully saturated rings. The van der Waals surface area contributed by atoms with Crippen molar-refractivity contribution in [3.05, 3.63) is 34.0 Å². The van der Waals surface area contributed by atoms with Crippen LogP contribution in [0, 0.1) is 12.8 Å². The van der Waals surface area contributed by atoms with Crippen LogP contribution in [-0.4, -0.2) is 0 Å². The monoisotopic (exact) mass is 281 g/mol. The highest BCUT2D eigenvalue weighted by Crippen LogP contribution is 2.32. The number of rotatable bonds is 2. The molecule has 2 rings (SSSR count). The van der Waals surface area contributed by atoms with Gasteiger partial charge in [-0.15, -0.1) is 0 Å². The molecule has 1 unspecified atom stereocenters. The maximum atomic E-state index is 6.14. The second-order valence-electron chi connectivity index (χ2n) is 4.50. The van der Waals surface area contributed by atoms with Crippen molar-refractivity contribution >= 4 is 26.9 Å². The Morgan fingerprint density at radius 3 is 2.62 bits per heavy atom. The lowest BCUT2D eigenvalue weighted by Crippen LogP contribution is -2.16. The molecule has 0 aliphatic rings. The largest absolute Gasteiger partial charge is 0.459 e. The fourth-order valence-electron chi connectivity index (χ4n) is 1.83. The summed E-state index contributed by atoms with van der Waals surface area (Å²) in [5.74, 6) is 1.28. The molecule has 2 nitrogen and oxygen atoms in total. The van der Waals surface area contributed by atoms with Gasteiger partial charge in [0.2, 0.25) is 0 Å². The van der Waals surface area contributed by atoms with Crippen LogP contribution in [0.1, 0.15) is 31.2 Å². The van der Waals surface area contributed by atoms with E-state index in [9.17, 15) is 0 Å². The highest BCUT2D eigenvalue weighted by molar-refractivity contribution is 9.10. The lowest BCUT2D eigenvalue weighted by Gasteiger charge is -2.13. The maximum absolute atomic E-state index is 6.14. The second-order valence-corrected chi connectivity index (χ2v) is 5.42. The average molecular weight is 282 g/mol. The summed E-state index contributed by atoms with van der Waals surface area (Å²) < 4.78 is 6.89. The van der Waals surface area contributed by atoms with Crippen molar-refractivity contribution < 1.29 is 4.42 Å². The van der Waals surface area contributed by atoms with E-state index in [2.05, 4.69) is 42.8 Å². The van der Waals surface area contributed by atoms with Crippen molar-refractivity contribution in [3.63, 3.8) is 0 Å². The molecule has 1 aromatic heterocycles. The Hall–Kier alpha value is -0.800. The molecule has 0 saturated heterocycles. The van der Waals surface area contributed by atoms with Crippen molar-refractivity contribution in [2.75, 3.05) is 0 Å². The first kappa shape index (κ1) is 11.7. The normalized spacial score (nSPS) is 13.6. The van der Waals surface area contributed by atoms with Crippen molar-refractivity contribution in [1.29, 1.82) is 0 Å². The van der Waals surface area contributed by atoms with Gasteiger partial charge in [0, 0.05) is 15.4 Å². The van der Waals surface area contributed by atoms with Gasteiger partial charge in [-0.25, -0.2) is 0 Å². The predicted molar refractivity (Wildman–Crippen MR) is 70.4 cm³/mol. The van der Waals surface area contributed by atoms with E-state index in [0.717, 1.165) is 26.8 Å². The summed E-state index contributed by atoms with van der Waals surface area (Å²) in [5, 5.41) is 1.14. The van der Waals surface area contributed by atoms with Crippen LogP contribution in [0.15, 0.2) is 27.1 Å². The molecule has 16 heavy (non-hydrogen) atoms. The number of aryl methyl sites for hydroxylation is 1. The molecular weight excluding hydrogens is 266 g/mol. The molecule has 0 aliphatic heterocycles. The van der Waals surface area contributed by atoms with E-state index >= 15 is 0 Å². The third-order valence-corrected chi connectivity index (χ3v) is 3.45. The molecule has 86 valence electrons. The van der Waals surface area contributed by atoms with Crippen LogP contribution in [0.25, 0.3) is 11.0 Å². The van der Waals surface area contributed by atoms with E-state index < -0.39 is 0 Å². The van der Waals surface area contributed by atoms with Crippen molar-refractivity contribution in [1.82, 2.24) is 0 Å². The zero-order valence-corrected chi connectivity index (χ0v) is 11.3. The first-order valence-corrected chi connectivity index (χ1v) is 6.24. The molecule has 0 aliphatic carbocycles. The molecule has 2 N–H and O–H groups in total. The molecule has 3 heteroatoms. The molecule has 0 radical (unpaired) electrons. The first-order valence-electron chi connectivity index (χ1n) is 5.45. The van der Waals surface area contributed by atoms with E-state index in [0.29, 0.717) is 5.92 Å². The summed E-state index contributed by atoms with van der Waals surface area (Å²) in [4.78, 5) is 0. The Morgan fingerprint density at radius 2 is 2.00 bits per heavy atom. The van der Waals surface area contributed by atoms with Crippen LogP contribution >= 0.6 is 15.9 Å². The number of fused-ring (bicyclic) bond motifs is 1. The molecule has 1 aromatic carbocycles. The molecule has 0 amide bonds. The highest BCUT2D eigenvalue weighted by atomic mass is 79.9. The average Bonchev–Trinajstić information content (AvgIpc) is 2.55. The number of halogens is 1. The van der Waals surface area contributed by atoms with Crippen molar-refractivity contribution in [3.8, 4) is 0 Å². The molecule has 0 saturated carbocycles. The Kier molecular flexibility index (Phi) is 3.08. The summed E-state index contributed by atoms with van der Waals surface area (Å²) in [6.45, 7) is 6.27. The van der Waals surface area contributed by atoms with Gasteiger partial charge >= 0.3 is 0 Å². The first-order chi connectivity index (χ1) is 7.50. The quantitative estimate of drug-likeness (QED) is 0.898. The summed E-state index contributed by atoms with van der Waals surface area (Å²) in [7, 11) is 0. The predicted octanol–water partition coefficient (Wildman–Crippen LogP) is 4.16. The molecule has 0 spiro atoms. The molecular formula is C13H16BrNO. The molecule has 1 heterocycles. The smallest absolute Gasteiger partial charge is 0.134 e. The number of hydrogen-bond donors (Lipinski definition) is 1. The Balaban J connectivity index is 2.60. The Morgan fingerprint density at radius 1 is 1.31 bits per heavy atom. The zero-order chi connectivity index (χ0) is 11.9. The van der Waals surface area contributed by atoms with Crippen LogP contribution in [0.4, 0.5) is 0 Å². The van der Waals surface area contributed by atoms with Gasteiger partial charge in [-0.05, 0) is 31.0 Å². The molecule has 2 aromatic rings. The lowest BCUT2D eigenvalue weighted by molar-refractivity contribution is 0.415. The van der Waals surface area contributed by atoms with Gasteiger partial charge < -0.3 is 10.2 Å². The molecule has 0 bridgehead atoms. The fourth-order valence-corrected chi connectivity index (χ4v) is 2.19. The van der Waals surface area contributed by atoms with E-state index in [1.54, 1.807) is 0 Å². The summed E-state index contributed by atoms with van der Waals surface area (Å²) in [6.07, 6.45) is 0. The van der Waals surface area contributed by atoms with E-state index in [1.165, 1.54) is 0 Å². The van der Waals surface area contributed by atoms with E-state index in [4.69, 9.17) is 10.2 Å². The fraction of sp³-hybridized carbons (Fsp3) is 0.385. The van der Waals surface area contributed by atoms with Crippen LogP contribution in [0.2, 0.25) is 0 Å². The minimum atomic E-state index is -0.0359. The van der Waals surface area contributed by atoms with Crippen molar-refractivity contribution in [2.24, 2.45) is 11.7 Å². The number of hydrogen-bond acceptors (Lipinski definition) is 2. The van der Waals surface area contributed by atoms with Gasteiger partial charge in [-0.2, -0.15) is 0 Å². The van der Waals surface area contributed by atoms with Gasteiger partial charge in [-0.3, -0.25) is 0 Å². The summed E-state index contributed by atoms with van der Waals surface area (Å²) in [5.41, 5.74) is 8.19. The minimum absolute atomic E-state index is 0.0359. The summed E-state index contributed by atoms with van der Waals surface area (Å²) in [6, 6.07) is 6.00. The third kappa shape index (κ3) is 1.89. The minimum Gasteiger partial charge on any atom is -0.459 e. The topological polar surface area (TPSA) is 39.2 Å². The Bertz CT molecular complexity index is 516. The van der Waals surface area contributed by atoms with E-state index in [1.807, 2.05) is 12.1 Å². The van der Waals surface area contributed by atoms with E-state index in [-0.39, 0.29) is 6.04 Å². The SMILES string of the molecule is Cc1c(C(N)C(C)C)oc2ccc(Br)cc12. The second kappa shape index (κ2) is 4.22. The zero-order valence-electron chi connectivity index (χ0n) is 9.75. The number of benzene rings is 1. The maximum Gasteiger partial charge on any atom is 0.134 e. The van der Waals surface area contributed by atoms with Gasteiger partial charge in [-0.1, -0.05) is 29.8 Å². The number of nitrogens with two attached hydrogens (primary N) is 1. The van der Waals surface area contributed by atoms with Gasteiger partial charge in [0.05, 0.1) is 6.04 Å². The standard InChI is InChI=1S/C13H16BrNO/c1-7(2)12(15)13-8(3)10-6-9(14)4-5-11(10)16-13/h4-7,12H,15H2,1-3H3. The highest BCUT2D eigenvalue weighted by Gasteiger charge is 2.19. The van der Waals surface area contributed by atoms with Crippen LogP contribution in [-0.2, 0) is 0 Å². The van der Waals surface area contributed by atoms with Crippen LogP contribution in [0.3, 0.4) is 0 Å². The van der Waals surface area contributed by atoms with Crippen molar-refractivity contribution in [2.45, 2.75) is 26.8 Å². The lowest BCUT2D eigenvalue weighted by atomic mass is 9.99. The van der Waals surface area contributed by atoms with Gasteiger partial charge in [0.25, 0.3) is 0 Å².